The van der Waals surface area contributed by atoms with E-state index in [0.29, 0.717) is 0 Å². The van der Waals surface area contributed by atoms with Gasteiger partial charge in [-0.25, -0.2) is 4.79 Å². The van der Waals surface area contributed by atoms with E-state index >= 15 is 0 Å². The second-order valence-corrected chi connectivity index (χ2v) is 4.66. The molecule has 6 nitrogen and oxygen atoms in total. The zero-order valence-corrected chi connectivity index (χ0v) is 11.6. The van der Waals surface area contributed by atoms with E-state index < -0.39 is 10.9 Å². The van der Waals surface area contributed by atoms with Gasteiger partial charge >= 0.3 is 5.97 Å². The molecule has 0 saturated heterocycles. The minimum absolute atomic E-state index is 0.00935. The molecular formula is C15H14N2O4. The molecule has 0 aromatic heterocycles. The number of benzene rings is 2. The fraction of sp³-hybridized carbons (Fsp3) is 0.133. The zero-order valence-electron chi connectivity index (χ0n) is 11.6. The summed E-state index contributed by atoms with van der Waals surface area (Å²) in [6.45, 7) is 1.92. The predicted octanol–water partition coefficient (Wildman–Crippen LogP) is 3.37. The van der Waals surface area contributed by atoms with Crippen molar-refractivity contribution in [2.75, 3.05) is 11.9 Å². The van der Waals surface area contributed by atoms with Gasteiger partial charge in [0.25, 0.3) is 5.69 Å². The molecule has 0 fully saturated rings. The number of hydrogen-bond acceptors (Lipinski definition) is 4. The summed E-state index contributed by atoms with van der Waals surface area (Å²) in [5.74, 6) is -1.12. The van der Waals surface area contributed by atoms with Crippen LogP contribution in [-0.4, -0.2) is 23.0 Å². The topological polar surface area (TPSA) is 83.7 Å². The molecule has 21 heavy (non-hydrogen) atoms. The molecule has 0 aliphatic carbocycles. The van der Waals surface area contributed by atoms with Crippen LogP contribution >= 0.6 is 0 Å². The number of nitro groups is 1. The largest absolute Gasteiger partial charge is 0.478 e. The summed E-state index contributed by atoms with van der Waals surface area (Å²) in [4.78, 5) is 23.3. The molecule has 0 radical (unpaired) electrons. The highest BCUT2D eigenvalue weighted by molar-refractivity contribution is 5.90. The Hall–Kier alpha value is -2.89. The number of carboxylic acid groups (broad SMARTS) is 1. The fourth-order valence-electron chi connectivity index (χ4n) is 2.06. The fourth-order valence-corrected chi connectivity index (χ4v) is 2.06. The van der Waals surface area contributed by atoms with E-state index in [9.17, 15) is 14.9 Å². The maximum atomic E-state index is 11.1. The van der Waals surface area contributed by atoms with E-state index in [4.69, 9.17) is 5.11 Å². The monoisotopic (exact) mass is 286 g/mol. The van der Waals surface area contributed by atoms with Crippen LogP contribution in [0.3, 0.4) is 0 Å². The molecule has 2 rings (SSSR count). The molecule has 0 amide bonds. The lowest BCUT2D eigenvalue weighted by Gasteiger charge is -2.20. The Morgan fingerprint density at radius 3 is 2.52 bits per heavy atom. The number of hydrogen-bond donors (Lipinski definition) is 1. The Balaban J connectivity index is 2.56. The molecule has 6 heteroatoms. The van der Waals surface area contributed by atoms with Crippen molar-refractivity contribution in [3.8, 4) is 0 Å². The summed E-state index contributed by atoms with van der Waals surface area (Å²) in [5.41, 5.74) is 1.88. The Morgan fingerprint density at radius 2 is 1.95 bits per heavy atom. The van der Waals surface area contributed by atoms with E-state index in [1.807, 2.05) is 31.2 Å². The number of anilines is 2. The highest BCUT2D eigenvalue weighted by Crippen LogP contribution is 2.33. The van der Waals surface area contributed by atoms with Gasteiger partial charge in [-0.2, -0.15) is 0 Å². The number of nitro benzene ring substituents is 1. The highest BCUT2D eigenvalue weighted by Gasteiger charge is 2.20. The van der Waals surface area contributed by atoms with Crippen molar-refractivity contribution >= 4 is 23.0 Å². The lowest BCUT2D eigenvalue weighted by molar-refractivity contribution is -0.384. The average molecular weight is 286 g/mol. The second-order valence-electron chi connectivity index (χ2n) is 4.66. The van der Waals surface area contributed by atoms with Crippen LogP contribution in [0.15, 0.2) is 42.5 Å². The molecule has 0 aliphatic heterocycles. The average Bonchev–Trinajstić information content (AvgIpc) is 2.45. The Kier molecular flexibility index (Phi) is 3.89. The third-order valence-electron chi connectivity index (χ3n) is 3.17. The van der Waals surface area contributed by atoms with Gasteiger partial charge in [-0.15, -0.1) is 0 Å². The number of rotatable bonds is 4. The molecule has 0 atom stereocenters. The van der Waals surface area contributed by atoms with E-state index in [2.05, 4.69) is 0 Å². The molecule has 108 valence electrons. The Bertz CT molecular complexity index is 713. The molecular weight excluding hydrogens is 272 g/mol. The van der Waals surface area contributed by atoms with Gasteiger partial charge in [-0.1, -0.05) is 12.1 Å². The maximum Gasteiger partial charge on any atom is 0.335 e. The van der Waals surface area contributed by atoms with Crippen molar-refractivity contribution in [1.29, 1.82) is 0 Å². The third kappa shape index (κ3) is 3.00. The van der Waals surface area contributed by atoms with Gasteiger partial charge in [0.2, 0.25) is 0 Å². The molecule has 0 aliphatic rings. The van der Waals surface area contributed by atoms with Crippen molar-refractivity contribution in [3.63, 3.8) is 0 Å². The van der Waals surface area contributed by atoms with Crippen molar-refractivity contribution in [2.24, 2.45) is 0 Å². The summed E-state index contributed by atoms with van der Waals surface area (Å²) in [6, 6.07) is 11.2. The quantitative estimate of drug-likeness (QED) is 0.688. The molecule has 2 aromatic carbocycles. The third-order valence-corrected chi connectivity index (χ3v) is 3.17. The van der Waals surface area contributed by atoms with Crippen LogP contribution in [0.4, 0.5) is 17.1 Å². The van der Waals surface area contributed by atoms with Gasteiger partial charge in [0.05, 0.1) is 10.5 Å². The van der Waals surface area contributed by atoms with E-state index in [0.717, 1.165) is 11.3 Å². The van der Waals surface area contributed by atoms with Crippen LogP contribution in [0.5, 0.6) is 0 Å². The number of aryl methyl sites for hydroxylation is 1. The number of carboxylic acids is 1. The molecule has 0 saturated carbocycles. The summed E-state index contributed by atoms with van der Waals surface area (Å²) in [5, 5.41) is 20.2. The van der Waals surface area contributed by atoms with Crippen molar-refractivity contribution in [2.45, 2.75) is 6.92 Å². The second kappa shape index (κ2) is 5.62. The highest BCUT2D eigenvalue weighted by atomic mass is 16.6. The Morgan fingerprint density at radius 1 is 1.24 bits per heavy atom. The summed E-state index contributed by atoms with van der Waals surface area (Å²) in [6.07, 6.45) is 0. The van der Waals surface area contributed by atoms with E-state index in [1.165, 1.54) is 18.2 Å². The lowest BCUT2D eigenvalue weighted by Crippen LogP contribution is -2.13. The predicted molar refractivity (Wildman–Crippen MR) is 79.3 cm³/mol. The summed E-state index contributed by atoms with van der Waals surface area (Å²) < 4.78 is 0. The van der Waals surface area contributed by atoms with Gasteiger partial charge in [0, 0.05) is 18.8 Å². The smallest absolute Gasteiger partial charge is 0.335 e. The van der Waals surface area contributed by atoms with Crippen molar-refractivity contribution < 1.29 is 14.8 Å². The van der Waals surface area contributed by atoms with E-state index in [1.54, 1.807) is 11.9 Å². The van der Waals surface area contributed by atoms with E-state index in [-0.39, 0.29) is 16.9 Å². The van der Waals surface area contributed by atoms with Crippen LogP contribution in [0.25, 0.3) is 0 Å². The van der Waals surface area contributed by atoms with Crippen molar-refractivity contribution in [1.82, 2.24) is 0 Å². The first kappa shape index (κ1) is 14.5. The standard InChI is InChI=1S/C15H14N2O4/c1-10-4-3-5-12(8-10)16(2)14-9-11(15(18)19)6-7-13(14)17(20)21/h3-9H,1-2H3,(H,18,19). The van der Waals surface area contributed by atoms with Gasteiger partial charge < -0.3 is 10.0 Å². The molecule has 0 unspecified atom stereocenters. The van der Waals surface area contributed by atoms with Crippen LogP contribution in [0.1, 0.15) is 15.9 Å². The molecule has 0 spiro atoms. The van der Waals surface area contributed by atoms with Crippen molar-refractivity contribution in [3.05, 3.63) is 63.7 Å². The molecule has 1 N–H and O–H groups in total. The first-order chi connectivity index (χ1) is 9.90. The zero-order chi connectivity index (χ0) is 15.6. The van der Waals surface area contributed by atoms with Crippen LogP contribution in [-0.2, 0) is 0 Å². The molecule has 0 heterocycles. The number of carbonyl (C=O) groups is 1. The first-order valence-electron chi connectivity index (χ1n) is 6.22. The van der Waals surface area contributed by atoms with Crippen LogP contribution < -0.4 is 4.90 Å². The SMILES string of the molecule is Cc1cccc(N(C)c2cc(C(=O)O)ccc2[N+](=O)[O-])c1. The minimum Gasteiger partial charge on any atom is -0.478 e. The molecule has 0 bridgehead atoms. The molecule has 2 aromatic rings. The van der Waals surface area contributed by atoms with Gasteiger partial charge in [0.1, 0.15) is 5.69 Å². The first-order valence-corrected chi connectivity index (χ1v) is 6.22. The number of aromatic carboxylic acids is 1. The van der Waals surface area contributed by atoms with Crippen LogP contribution in [0, 0.1) is 17.0 Å². The summed E-state index contributed by atoms with van der Waals surface area (Å²) in [7, 11) is 1.67. The van der Waals surface area contributed by atoms with Crippen LogP contribution in [0.2, 0.25) is 0 Å². The summed E-state index contributed by atoms with van der Waals surface area (Å²) >= 11 is 0. The maximum absolute atomic E-state index is 11.1. The van der Waals surface area contributed by atoms with Gasteiger partial charge in [-0.3, -0.25) is 10.1 Å². The van der Waals surface area contributed by atoms with Gasteiger partial charge in [0.15, 0.2) is 0 Å². The number of nitrogens with zero attached hydrogens (tertiary/aromatic N) is 2. The Labute approximate surface area is 121 Å². The normalized spacial score (nSPS) is 10.2. The van der Waals surface area contributed by atoms with Gasteiger partial charge in [-0.05, 0) is 36.8 Å². The minimum atomic E-state index is -1.12. The lowest BCUT2D eigenvalue weighted by atomic mass is 10.1.